The highest BCUT2D eigenvalue weighted by Gasteiger charge is 2.11. The lowest BCUT2D eigenvalue weighted by Gasteiger charge is -2.24. The number of ether oxygens (including phenoxy) is 1. The van der Waals surface area contributed by atoms with Crippen molar-refractivity contribution in [3.05, 3.63) is 0 Å². The third-order valence-corrected chi connectivity index (χ3v) is 5.02. The van der Waals surface area contributed by atoms with E-state index in [4.69, 9.17) is 4.74 Å². The third kappa shape index (κ3) is 15.0. The van der Waals surface area contributed by atoms with Crippen LogP contribution in [0, 0.1) is 0 Å². The summed E-state index contributed by atoms with van der Waals surface area (Å²) < 4.78 is 4.69. The normalized spacial score (nSPS) is 12.5. The maximum atomic E-state index is 11.1. The number of nitrogens with zero attached hydrogens (tertiary/aromatic N) is 1. The van der Waals surface area contributed by atoms with E-state index in [2.05, 4.69) is 25.9 Å². The van der Waals surface area contributed by atoms with Crippen LogP contribution in [0.3, 0.4) is 0 Å². The molecule has 0 heterocycles. The fourth-order valence-corrected chi connectivity index (χ4v) is 3.28. The van der Waals surface area contributed by atoms with Gasteiger partial charge in [-0.05, 0) is 33.4 Å². The van der Waals surface area contributed by atoms with Gasteiger partial charge in [-0.15, -0.1) is 0 Å². The summed E-state index contributed by atoms with van der Waals surface area (Å²) in [5.74, 6) is -0.0777. The Hall–Kier alpha value is -0.570. The molecule has 1 atom stereocenters. The molecule has 0 N–H and O–H groups in total. The summed E-state index contributed by atoms with van der Waals surface area (Å²) in [5.41, 5.74) is 0. The molecule has 0 aliphatic heterocycles. The molecule has 0 aromatic rings. The van der Waals surface area contributed by atoms with Crippen molar-refractivity contribution in [3.63, 3.8) is 0 Å². The fourth-order valence-electron chi connectivity index (χ4n) is 3.28. The molecule has 0 fully saturated rings. The minimum Gasteiger partial charge on any atom is -0.469 e. The molecule has 0 rings (SSSR count). The Balaban J connectivity index is 3.52. The lowest BCUT2D eigenvalue weighted by Crippen LogP contribution is -2.27. The first kappa shape index (κ1) is 23.4. The first-order valence-electron chi connectivity index (χ1n) is 10.3. The molecular formula is C21H43NO2. The predicted molar refractivity (Wildman–Crippen MR) is 104 cm³/mol. The topological polar surface area (TPSA) is 29.5 Å². The van der Waals surface area contributed by atoms with Crippen molar-refractivity contribution in [2.75, 3.05) is 21.2 Å². The Morgan fingerprint density at radius 2 is 1.25 bits per heavy atom. The highest BCUT2D eigenvalue weighted by atomic mass is 16.5. The van der Waals surface area contributed by atoms with Gasteiger partial charge < -0.3 is 9.64 Å². The monoisotopic (exact) mass is 341 g/mol. The van der Waals surface area contributed by atoms with Gasteiger partial charge in [0.2, 0.25) is 0 Å². The van der Waals surface area contributed by atoms with E-state index in [1.807, 2.05) is 0 Å². The molecule has 3 heteroatoms. The number of carbonyl (C=O) groups excluding carboxylic acids is 1. The van der Waals surface area contributed by atoms with Crippen molar-refractivity contribution in [3.8, 4) is 0 Å². The molecule has 24 heavy (non-hydrogen) atoms. The van der Waals surface area contributed by atoms with Gasteiger partial charge in [-0.25, -0.2) is 0 Å². The van der Waals surface area contributed by atoms with Gasteiger partial charge in [0.25, 0.3) is 0 Å². The van der Waals surface area contributed by atoms with Gasteiger partial charge >= 0.3 is 5.97 Å². The zero-order chi connectivity index (χ0) is 18.0. The number of esters is 1. The SMILES string of the molecule is CCCCCCCCCCCCC(CCCCC(=O)OC)N(C)C. The molecule has 0 aromatic carbocycles. The van der Waals surface area contributed by atoms with Gasteiger partial charge in [0.1, 0.15) is 0 Å². The maximum absolute atomic E-state index is 11.1. The van der Waals surface area contributed by atoms with Crippen LogP contribution in [0.15, 0.2) is 0 Å². The van der Waals surface area contributed by atoms with Crippen LogP contribution in [-0.2, 0) is 9.53 Å². The number of hydrogen-bond donors (Lipinski definition) is 0. The summed E-state index contributed by atoms with van der Waals surface area (Å²) in [7, 11) is 5.83. The van der Waals surface area contributed by atoms with Gasteiger partial charge in [0.05, 0.1) is 7.11 Å². The molecule has 0 saturated carbocycles. The number of carbonyl (C=O) groups is 1. The molecule has 0 bridgehead atoms. The Bertz CT molecular complexity index is 279. The Morgan fingerprint density at radius 1 is 0.792 bits per heavy atom. The molecule has 0 aliphatic carbocycles. The zero-order valence-corrected chi connectivity index (χ0v) is 16.9. The number of rotatable bonds is 17. The van der Waals surface area contributed by atoms with Gasteiger partial charge in [0, 0.05) is 12.5 Å². The smallest absolute Gasteiger partial charge is 0.305 e. The second-order valence-corrected chi connectivity index (χ2v) is 7.41. The van der Waals surface area contributed by atoms with E-state index < -0.39 is 0 Å². The van der Waals surface area contributed by atoms with E-state index in [0.717, 1.165) is 12.8 Å². The van der Waals surface area contributed by atoms with E-state index in [1.54, 1.807) is 0 Å². The van der Waals surface area contributed by atoms with Crippen LogP contribution in [0.25, 0.3) is 0 Å². The van der Waals surface area contributed by atoms with Gasteiger partial charge in [-0.1, -0.05) is 77.6 Å². The summed E-state index contributed by atoms with van der Waals surface area (Å²) >= 11 is 0. The summed E-state index contributed by atoms with van der Waals surface area (Å²) in [6.45, 7) is 2.28. The molecule has 0 saturated heterocycles. The van der Waals surface area contributed by atoms with Crippen LogP contribution in [0.2, 0.25) is 0 Å². The number of hydrogen-bond acceptors (Lipinski definition) is 3. The minimum atomic E-state index is -0.0777. The molecule has 1 unspecified atom stereocenters. The Kier molecular flexibility index (Phi) is 16.8. The summed E-state index contributed by atoms with van der Waals surface area (Å²) in [5, 5.41) is 0. The highest BCUT2D eigenvalue weighted by Crippen LogP contribution is 2.16. The molecule has 0 aliphatic rings. The number of methoxy groups -OCH3 is 1. The van der Waals surface area contributed by atoms with Crippen molar-refractivity contribution >= 4 is 5.97 Å². The summed E-state index contributed by atoms with van der Waals surface area (Å²) in [6.07, 6.45) is 19.1. The first-order chi connectivity index (χ1) is 11.6. The van der Waals surface area contributed by atoms with E-state index in [0.29, 0.717) is 12.5 Å². The lowest BCUT2D eigenvalue weighted by molar-refractivity contribution is -0.140. The van der Waals surface area contributed by atoms with Gasteiger partial charge in [-0.3, -0.25) is 4.79 Å². The zero-order valence-electron chi connectivity index (χ0n) is 16.9. The number of unbranched alkanes of at least 4 members (excludes halogenated alkanes) is 10. The van der Waals surface area contributed by atoms with Crippen LogP contribution in [0.4, 0.5) is 0 Å². The Labute approximate surface area is 151 Å². The van der Waals surface area contributed by atoms with E-state index >= 15 is 0 Å². The summed E-state index contributed by atoms with van der Waals surface area (Å²) in [4.78, 5) is 13.5. The summed E-state index contributed by atoms with van der Waals surface area (Å²) in [6, 6.07) is 0.664. The van der Waals surface area contributed by atoms with Gasteiger partial charge in [0.15, 0.2) is 0 Å². The van der Waals surface area contributed by atoms with Crippen LogP contribution in [0.1, 0.15) is 103 Å². The molecule has 0 radical (unpaired) electrons. The van der Waals surface area contributed by atoms with E-state index in [9.17, 15) is 4.79 Å². The molecule has 0 amide bonds. The first-order valence-corrected chi connectivity index (χ1v) is 10.3. The van der Waals surface area contributed by atoms with Crippen molar-refractivity contribution in [2.24, 2.45) is 0 Å². The van der Waals surface area contributed by atoms with Crippen LogP contribution < -0.4 is 0 Å². The average molecular weight is 342 g/mol. The van der Waals surface area contributed by atoms with Crippen molar-refractivity contribution in [2.45, 2.75) is 109 Å². The molecular weight excluding hydrogens is 298 g/mol. The molecule has 0 spiro atoms. The molecule has 0 aromatic heterocycles. The minimum absolute atomic E-state index is 0.0777. The van der Waals surface area contributed by atoms with Crippen molar-refractivity contribution in [1.82, 2.24) is 4.90 Å². The molecule has 144 valence electrons. The van der Waals surface area contributed by atoms with Gasteiger partial charge in [-0.2, -0.15) is 0 Å². The Morgan fingerprint density at radius 3 is 1.71 bits per heavy atom. The average Bonchev–Trinajstić information content (AvgIpc) is 2.57. The largest absolute Gasteiger partial charge is 0.469 e. The second-order valence-electron chi connectivity index (χ2n) is 7.41. The van der Waals surface area contributed by atoms with Crippen molar-refractivity contribution < 1.29 is 9.53 Å². The van der Waals surface area contributed by atoms with E-state index in [1.165, 1.54) is 84.2 Å². The third-order valence-electron chi connectivity index (χ3n) is 5.02. The van der Waals surface area contributed by atoms with E-state index in [-0.39, 0.29) is 5.97 Å². The highest BCUT2D eigenvalue weighted by molar-refractivity contribution is 5.68. The molecule has 3 nitrogen and oxygen atoms in total. The van der Waals surface area contributed by atoms with Crippen LogP contribution in [0.5, 0.6) is 0 Å². The standard InChI is InChI=1S/C21H43NO2/c1-5-6-7-8-9-10-11-12-13-14-17-20(22(2)3)18-15-16-19-21(23)24-4/h20H,5-19H2,1-4H3. The second kappa shape index (κ2) is 17.3. The van der Waals surface area contributed by atoms with Crippen molar-refractivity contribution in [1.29, 1.82) is 0 Å². The quantitative estimate of drug-likeness (QED) is 0.241. The predicted octanol–water partition coefficient (Wildman–Crippen LogP) is 5.96. The van der Waals surface area contributed by atoms with Crippen LogP contribution >= 0.6 is 0 Å². The fraction of sp³-hybridized carbons (Fsp3) is 0.952. The van der Waals surface area contributed by atoms with Crippen LogP contribution in [-0.4, -0.2) is 38.1 Å². The lowest BCUT2D eigenvalue weighted by atomic mass is 10.00. The maximum Gasteiger partial charge on any atom is 0.305 e.